The van der Waals surface area contributed by atoms with E-state index in [1.807, 2.05) is 6.92 Å². The molecule has 2 rings (SSSR count). The molecule has 21 heavy (non-hydrogen) atoms. The summed E-state index contributed by atoms with van der Waals surface area (Å²) in [4.78, 5) is 24.8. The predicted octanol–water partition coefficient (Wildman–Crippen LogP) is 0.788. The van der Waals surface area contributed by atoms with Crippen LogP contribution >= 0.6 is 0 Å². The van der Waals surface area contributed by atoms with Gasteiger partial charge in [0.1, 0.15) is 5.56 Å². The third kappa shape index (κ3) is 2.55. The van der Waals surface area contributed by atoms with Crippen LogP contribution in [0.1, 0.15) is 35.5 Å². The van der Waals surface area contributed by atoms with Crippen LogP contribution in [-0.2, 0) is 12.8 Å². The summed E-state index contributed by atoms with van der Waals surface area (Å²) in [5, 5.41) is 31.4. The first-order valence-electron chi connectivity index (χ1n) is 6.17. The molecule has 10 nitrogen and oxygen atoms in total. The van der Waals surface area contributed by atoms with Crippen molar-refractivity contribution in [3.63, 3.8) is 0 Å². The minimum absolute atomic E-state index is 0.0656. The van der Waals surface area contributed by atoms with Crippen molar-refractivity contribution in [2.45, 2.75) is 26.7 Å². The van der Waals surface area contributed by atoms with E-state index < -0.39 is 16.8 Å². The average Bonchev–Trinajstić information content (AvgIpc) is 2.95. The van der Waals surface area contributed by atoms with Gasteiger partial charge in [-0.15, -0.1) is 9.78 Å². The lowest BCUT2D eigenvalue weighted by Gasteiger charge is -2.10. The molecule has 2 aromatic rings. The van der Waals surface area contributed by atoms with Gasteiger partial charge in [0.2, 0.25) is 12.1 Å². The number of nitro groups is 1. The van der Waals surface area contributed by atoms with E-state index in [-0.39, 0.29) is 11.4 Å². The van der Waals surface area contributed by atoms with Gasteiger partial charge in [-0.3, -0.25) is 0 Å². The number of hydrogen-bond acceptors (Lipinski definition) is 7. The van der Waals surface area contributed by atoms with Gasteiger partial charge in [-0.2, -0.15) is 5.10 Å². The zero-order valence-electron chi connectivity index (χ0n) is 11.3. The van der Waals surface area contributed by atoms with Crippen molar-refractivity contribution in [2.75, 3.05) is 0 Å². The Morgan fingerprint density at radius 3 is 2.57 bits per heavy atom. The number of rotatable bonds is 5. The molecule has 0 aliphatic carbocycles. The Morgan fingerprint density at radius 2 is 2.10 bits per heavy atom. The predicted molar refractivity (Wildman–Crippen MR) is 69.3 cm³/mol. The molecule has 1 N–H and O–H groups in total. The largest absolute Gasteiger partial charge is 0.491 e. The molecule has 0 aliphatic rings. The van der Waals surface area contributed by atoms with Gasteiger partial charge in [-0.25, -0.2) is 4.79 Å². The Bertz CT molecular complexity index is 711. The Labute approximate surface area is 118 Å². The Kier molecular flexibility index (Phi) is 3.87. The second-order valence-corrected chi connectivity index (χ2v) is 4.08. The molecule has 0 bridgehead atoms. The molecule has 10 heteroatoms. The Hall–Kier alpha value is -2.91. The Morgan fingerprint density at radius 1 is 1.38 bits per heavy atom. The van der Waals surface area contributed by atoms with Crippen LogP contribution in [0.2, 0.25) is 0 Å². The summed E-state index contributed by atoms with van der Waals surface area (Å²) in [6.45, 7) is 3.64. The summed E-state index contributed by atoms with van der Waals surface area (Å²) >= 11 is 0. The van der Waals surface area contributed by atoms with E-state index in [0.717, 1.165) is 11.0 Å². The van der Waals surface area contributed by atoms with Crippen molar-refractivity contribution in [3.05, 3.63) is 33.3 Å². The van der Waals surface area contributed by atoms with E-state index in [9.17, 15) is 20.0 Å². The number of aromatic carboxylic acids is 1. The van der Waals surface area contributed by atoms with Gasteiger partial charge < -0.3 is 15.2 Å². The van der Waals surface area contributed by atoms with Crippen LogP contribution in [-0.4, -0.2) is 41.0 Å². The number of aromatic nitrogens is 5. The standard InChI is InChI=1S/C11H12N6O4/c1-3-6-7(4-2)13-14-9(8(6)10(18)19)16-5-12-11(15-16)17(20)21/h5H,3-4H2,1-2H3,(H,18,19). The van der Waals surface area contributed by atoms with Crippen molar-refractivity contribution in [3.8, 4) is 5.82 Å². The number of aryl methyl sites for hydroxylation is 1. The number of carbonyl (C=O) groups is 1. The molecule has 0 amide bonds. The zero-order valence-corrected chi connectivity index (χ0v) is 11.3. The summed E-state index contributed by atoms with van der Waals surface area (Å²) in [6, 6.07) is 0. The lowest BCUT2D eigenvalue weighted by molar-refractivity contribution is -0.394. The molecule has 0 saturated heterocycles. The summed E-state index contributed by atoms with van der Waals surface area (Å²) in [6.07, 6.45) is 2.03. The summed E-state index contributed by atoms with van der Waals surface area (Å²) < 4.78 is 0.952. The highest BCUT2D eigenvalue weighted by atomic mass is 16.6. The average molecular weight is 292 g/mol. The minimum Gasteiger partial charge on any atom is -0.478 e. The monoisotopic (exact) mass is 292 g/mol. The van der Waals surface area contributed by atoms with Crippen LogP contribution in [0, 0.1) is 10.1 Å². The highest BCUT2D eigenvalue weighted by Gasteiger charge is 2.25. The van der Waals surface area contributed by atoms with E-state index >= 15 is 0 Å². The van der Waals surface area contributed by atoms with Gasteiger partial charge in [-0.05, 0) is 23.3 Å². The molecule has 0 aromatic carbocycles. The fourth-order valence-corrected chi connectivity index (χ4v) is 1.99. The van der Waals surface area contributed by atoms with E-state index in [4.69, 9.17) is 0 Å². The molecule has 0 unspecified atom stereocenters. The van der Waals surface area contributed by atoms with Crippen LogP contribution in [0.25, 0.3) is 5.82 Å². The fourth-order valence-electron chi connectivity index (χ4n) is 1.99. The van der Waals surface area contributed by atoms with Crippen molar-refractivity contribution in [1.82, 2.24) is 25.0 Å². The fraction of sp³-hybridized carbons (Fsp3) is 0.364. The quantitative estimate of drug-likeness (QED) is 0.630. The van der Waals surface area contributed by atoms with Crippen molar-refractivity contribution in [2.24, 2.45) is 0 Å². The first-order chi connectivity index (χ1) is 9.99. The molecule has 2 aromatic heterocycles. The van der Waals surface area contributed by atoms with Gasteiger partial charge in [0.05, 0.1) is 5.69 Å². The second kappa shape index (κ2) is 5.61. The highest BCUT2D eigenvalue weighted by molar-refractivity contribution is 5.93. The molecular weight excluding hydrogens is 280 g/mol. The molecule has 0 fully saturated rings. The lowest BCUT2D eigenvalue weighted by Crippen LogP contribution is -2.16. The van der Waals surface area contributed by atoms with Crippen LogP contribution in [0.5, 0.6) is 0 Å². The molecule has 0 saturated carbocycles. The lowest BCUT2D eigenvalue weighted by atomic mass is 10.0. The maximum Gasteiger partial charge on any atom is 0.491 e. The van der Waals surface area contributed by atoms with Gasteiger partial charge >= 0.3 is 11.9 Å². The summed E-state index contributed by atoms with van der Waals surface area (Å²) in [7, 11) is 0. The molecule has 2 heterocycles. The maximum atomic E-state index is 11.5. The smallest absolute Gasteiger partial charge is 0.478 e. The molecule has 0 aliphatic heterocycles. The number of nitrogens with zero attached hydrogens (tertiary/aromatic N) is 6. The highest BCUT2D eigenvalue weighted by Crippen LogP contribution is 2.20. The van der Waals surface area contributed by atoms with Crippen LogP contribution in [0.4, 0.5) is 5.95 Å². The first-order valence-corrected chi connectivity index (χ1v) is 6.17. The second-order valence-electron chi connectivity index (χ2n) is 4.08. The van der Waals surface area contributed by atoms with Crippen molar-refractivity contribution in [1.29, 1.82) is 0 Å². The molecule has 0 radical (unpaired) electrons. The maximum absolute atomic E-state index is 11.5. The van der Waals surface area contributed by atoms with Gasteiger partial charge in [0.15, 0.2) is 0 Å². The molecule has 110 valence electrons. The van der Waals surface area contributed by atoms with Crippen molar-refractivity contribution < 1.29 is 14.8 Å². The normalized spacial score (nSPS) is 10.6. The SMILES string of the molecule is CCc1nnc(-n2cnc([N+](=O)[O-])n2)c(C(=O)O)c1CC. The molecular formula is C11H12N6O4. The molecule has 0 spiro atoms. The molecule has 0 atom stereocenters. The summed E-state index contributed by atoms with van der Waals surface area (Å²) in [5.74, 6) is -1.91. The minimum atomic E-state index is -1.19. The van der Waals surface area contributed by atoms with Crippen LogP contribution < -0.4 is 0 Å². The van der Waals surface area contributed by atoms with Crippen LogP contribution in [0.15, 0.2) is 6.33 Å². The summed E-state index contributed by atoms with van der Waals surface area (Å²) in [5.41, 5.74) is 1.05. The topological polar surface area (TPSA) is 137 Å². The zero-order chi connectivity index (χ0) is 15.6. The van der Waals surface area contributed by atoms with Crippen LogP contribution in [0.3, 0.4) is 0 Å². The first kappa shape index (κ1) is 14.5. The number of carboxylic acids is 1. The number of carboxylic acid groups (broad SMARTS) is 1. The van der Waals surface area contributed by atoms with Gasteiger partial charge in [0.25, 0.3) is 0 Å². The van der Waals surface area contributed by atoms with E-state index in [2.05, 4.69) is 20.3 Å². The van der Waals surface area contributed by atoms with E-state index in [0.29, 0.717) is 24.1 Å². The third-order valence-electron chi connectivity index (χ3n) is 2.90. The van der Waals surface area contributed by atoms with E-state index in [1.54, 1.807) is 6.92 Å². The van der Waals surface area contributed by atoms with Gasteiger partial charge in [-0.1, -0.05) is 18.8 Å². The van der Waals surface area contributed by atoms with Gasteiger partial charge in [0, 0.05) is 5.10 Å². The Balaban J connectivity index is 2.67. The third-order valence-corrected chi connectivity index (χ3v) is 2.90. The number of hydrogen-bond donors (Lipinski definition) is 1. The van der Waals surface area contributed by atoms with E-state index in [1.165, 1.54) is 0 Å². The van der Waals surface area contributed by atoms with Crippen molar-refractivity contribution >= 4 is 11.9 Å².